The molecule has 0 unspecified atom stereocenters. The molecule has 0 aliphatic heterocycles. The predicted molar refractivity (Wildman–Crippen MR) is 79.1 cm³/mol. The summed E-state index contributed by atoms with van der Waals surface area (Å²) in [6.45, 7) is 6.56. The van der Waals surface area contributed by atoms with Crippen LogP contribution in [0, 0.1) is 0 Å². The second-order valence-electron chi connectivity index (χ2n) is 4.52. The first-order valence-corrected chi connectivity index (χ1v) is 6.61. The highest BCUT2D eigenvalue weighted by atomic mass is 16.5. The molecule has 2 N–H and O–H groups in total. The summed E-state index contributed by atoms with van der Waals surface area (Å²) in [6, 6.07) is 10.1. The summed E-state index contributed by atoms with van der Waals surface area (Å²) < 4.78 is 5.50. The third-order valence-corrected chi connectivity index (χ3v) is 2.59. The van der Waals surface area contributed by atoms with Crippen molar-refractivity contribution >= 4 is 17.6 Å². The van der Waals surface area contributed by atoms with Crippen LogP contribution in [-0.2, 0) is 0 Å². The Labute approximate surface area is 118 Å². The van der Waals surface area contributed by atoms with Gasteiger partial charge in [0.2, 0.25) is 11.9 Å². The fourth-order valence-electron chi connectivity index (χ4n) is 1.79. The number of nitrogens with zero attached hydrogens (tertiary/aromatic N) is 4. The van der Waals surface area contributed by atoms with E-state index in [1.807, 2.05) is 56.0 Å². The highest BCUT2D eigenvalue weighted by molar-refractivity contribution is 5.57. The fourth-order valence-corrected chi connectivity index (χ4v) is 1.79. The lowest BCUT2D eigenvalue weighted by Crippen LogP contribution is -2.21. The van der Waals surface area contributed by atoms with E-state index in [1.165, 1.54) is 0 Å². The SMILES string of the molecule is CCN(c1ccccc1)c1nc(N)nc(OC(C)C)n1. The van der Waals surface area contributed by atoms with Gasteiger partial charge in [-0.25, -0.2) is 0 Å². The number of rotatable bonds is 5. The molecule has 2 rings (SSSR count). The molecule has 0 spiro atoms. The number of anilines is 3. The summed E-state index contributed by atoms with van der Waals surface area (Å²) in [4.78, 5) is 14.5. The molecule has 0 saturated heterocycles. The lowest BCUT2D eigenvalue weighted by Gasteiger charge is -2.21. The van der Waals surface area contributed by atoms with Crippen LogP contribution in [-0.4, -0.2) is 27.6 Å². The van der Waals surface area contributed by atoms with Gasteiger partial charge in [-0.2, -0.15) is 15.0 Å². The van der Waals surface area contributed by atoms with Gasteiger partial charge in [-0.1, -0.05) is 18.2 Å². The van der Waals surface area contributed by atoms with Gasteiger partial charge in [0.1, 0.15) is 0 Å². The van der Waals surface area contributed by atoms with Gasteiger partial charge in [-0.15, -0.1) is 0 Å². The third kappa shape index (κ3) is 3.34. The van der Waals surface area contributed by atoms with E-state index in [1.54, 1.807) is 0 Å². The molecule has 6 heteroatoms. The summed E-state index contributed by atoms with van der Waals surface area (Å²) in [5.74, 6) is 0.641. The topological polar surface area (TPSA) is 77.2 Å². The molecular formula is C14H19N5O. The van der Waals surface area contributed by atoms with Crippen molar-refractivity contribution in [1.82, 2.24) is 15.0 Å². The molecule has 2 aromatic rings. The molecule has 0 atom stereocenters. The highest BCUT2D eigenvalue weighted by Crippen LogP contribution is 2.23. The van der Waals surface area contributed by atoms with Crippen LogP contribution in [0.2, 0.25) is 0 Å². The van der Waals surface area contributed by atoms with Crippen LogP contribution in [0.4, 0.5) is 17.6 Å². The van der Waals surface area contributed by atoms with Crippen molar-refractivity contribution in [2.75, 3.05) is 17.2 Å². The number of nitrogens with two attached hydrogens (primary N) is 1. The van der Waals surface area contributed by atoms with E-state index >= 15 is 0 Å². The van der Waals surface area contributed by atoms with Crippen LogP contribution >= 0.6 is 0 Å². The van der Waals surface area contributed by atoms with Gasteiger partial charge >= 0.3 is 6.01 Å². The quantitative estimate of drug-likeness (QED) is 0.901. The monoisotopic (exact) mass is 273 g/mol. The Kier molecular flexibility index (Phi) is 4.34. The molecule has 0 bridgehead atoms. The molecule has 1 aromatic heterocycles. The number of hydrogen-bond acceptors (Lipinski definition) is 6. The first-order valence-electron chi connectivity index (χ1n) is 6.61. The van der Waals surface area contributed by atoms with Crippen molar-refractivity contribution in [2.24, 2.45) is 0 Å². The second kappa shape index (κ2) is 6.18. The molecule has 0 fully saturated rings. The van der Waals surface area contributed by atoms with E-state index in [2.05, 4.69) is 15.0 Å². The van der Waals surface area contributed by atoms with E-state index in [9.17, 15) is 0 Å². The summed E-state index contributed by atoms with van der Waals surface area (Å²) >= 11 is 0. The molecule has 1 heterocycles. The Morgan fingerprint density at radius 2 is 1.85 bits per heavy atom. The van der Waals surface area contributed by atoms with Crippen molar-refractivity contribution in [3.63, 3.8) is 0 Å². The Morgan fingerprint density at radius 1 is 1.15 bits per heavy atom. The minimum Gasteiger partial charge on any atom is -0.461 e. The molecular weight excluding hydrogens is 254 g/mol. The Bertz CT molecular complexity index is 559. The van der Waals surface area contributed by atoms with Crippen LogP contribution < -0.4 is 15.4 Å². The van der Waals surface area contributed by atoms with Gasteiger partial charge in [0.05, 0.1) is 6.10 Å². The Hall–Kier alpha value is -2.37. The minimum absolute atomic E-state index is 0.0172. The summed E-state index contributed by atoms with van der Waals surface area (Å²) in [5.41, 5.74) is 6.73. The van der Waals surface area contributed by atoms with Gasteiger partial charge in [-0.05, 0) is 32.9 Å². The fraction of sp³-hybridized carbons (Fsp3) is 0.357. The minimum atomic E-state index is -0.0172. The van der Waals surface area contributed by atoms with E-state index in [4.69, 9.17) is 10.5 Å². The van der Waals surface area contributed by atoms with E-state index in [0.717, 1.165) is 5.69 Å². The van der Waals surface area contributed by atoms with E-state index in [0.29, 0.717) is 12.5 Å². The summed E-state index contributed by atoms with van der Waals surface area (Å²) in [5, 5.41) is 0. The molecule has 20 heavy (non-hydrogen) atoms. The zero-order valence-electron chi connectivity index (χ0n) is 11.9. The summed E-state index contributed by atoms with van der Waals surface area (Å²) in [7, 11) is 0. The first kappa shape index (κ1) is 14.0. The number of hydrogen-bond donors (Lipinski definition) is 1. The van der Waals surface area contributed by atoms with Crippen molar-refractivity contribution in [3.05, 3.63) is 30.3 Å². The maximum atomic E-state index is 5.74. The molecule has 0 saturated carbocycles. The molecule has 0 aliphatic carbocycles. The zero-order chi connectivity index (χ0) is 14.5. The number of para-hydroxylation sites is 1. The van der Waals surface area contributed by atoms with Crippen LogP contribution in [0.1, 0.15) is 20.8 Å². The van der Waals surface area contributed by atoms with Crippen molar-refractivity contribution < 1.29 is 4.74 Å². The molecule has 0 radical (unpaired) electrons. The Morgan fingerprint density at radius 3 is 2.45 bits per heavy atom. The average molecular weight is 273 g/mol. The van der Waals surface area contributed by atoms with Crippen LogP contribution in [0.15, 0.2) is 30.3 Å². The normalized spacial score (nSPS) is 10.6. The maximum Gasteiger partial charge on any atom is 0.323 e. The lowest BCUT2D eigenvalue weighted by molar-refractivity contribution is 0.222. The number of benzene rings is 1. The number of aromatic nitrogens is 3. The maximum absolute atomic E-state index is 5.74. The van der Waals surface area contributed by atoms with Crippen LogP contribution in [0.25, 0.3) is 0 Å². The van der Waals surface area contributed by atoms with Gasteiger partial charge in [0.15, 0.2) is 0 Å². The Balaban J connectivity index is 2.37. The standard InChI is InChI=1S/C14H19N5O/c1-4-19(11-8-6-5-7-9-11)13-16-12(15)17-14(18-13)20-10(2)3/h5-10H,4H2,1-3H3,(H2,15,16,17,18). The molecule has 0 aliphatic rings. The predicted octanol–water partition coefficient (Wildman–Crippen LogP) is 2.40. The van der Waals surface area contributed by atoms with E-state index in [-0.39, 0.29) is 18.1 Å². The van der Waals surface area contributed by atoms with Crippen LogP contribution in [0.5, 0.6) is 6.01 Å². The van der Waals surface area contributed by atoms with Gasteiger partial charge in [-0.3, -0.25) is 0 Å². The first-order chi connectivity index (χ1) is 9.60. The molecule has 0 amide bonds. The molecule has 1 aromatic carbocycles. The van der Waals surface area contributed by atoms with Gasteiger partial charge in [0.25, 0.3) is 0 Å². The molecule has 106 valence electrons. The van der Waals surface area contributed by atoms with Crippen molar-refractivity contribution in [2.45, 2.75) is 26.9 Å². The number of nitrogen functional groups attached to an aromatic ring is 1. The van der Waals surface area contributed by atoms with E-state index < -0.39 is 0 Å². The largest absolute Gasteiger partial charge is 0.461 e. The lowest BCUT2D eigenvalue weighted by atomic mass is 10.3. The third-order valence-electron chi connectivity index (χ3n) is 2.59. The van der Waals surface area contributed by atoms with Crippen molar-refractivity contribution in [1.29, 1.82) is 0 Å². The smallest absolute Gasteiger partial charge is 0.323 e. The van der Waals surface area contributed by atoms with Gasteiger partial charge in [0, 0.05) is 12.2 Å². The molecule has 6 nitrogen and oxygen atoms in total. The zero-order valence-corrected chi connectivity index (χ0v) is 11.9. The highest BCUT2D eigenvalue weighted by Gasteiger charge is 2.14. The average Bonchev–Trinajstić information content (AvgIpc) is 2.39. The van der Waals surface area contributed by atoms with Gasteiger partial charge < -0.3 is 15.4 Å². The summed E-state index contributed by atoms with van der Waals surface area (Å²) in [6.07, 6.45) is -0.0172. The number of ether oxygens (including phenoxy) is 1. The van der Waals surface area contributed by atoms with Crippen LogP contribution in [0.3, 0.4) is 0 Å². The second-order valence-corrected chi connectivity index (χ2v) is 4.52. The van der Waals surface area contributed by atoms with Crippen molar-refractivity contribution in [3.8, 4) is 6.01 Å².